The van der Waals surface area contributed by atoms with E-state index in [1.165, 1.54) is 12.1 Å². The highest BCUT2D eigenvalue weighted by Crippen LogP contribution is 2.33. The summed E-state index contributed by atoms with van der Waals surface area (Å²) in [4.78, 5) is 0.181. The predicted molar refractivity (Wildman–Crippen MR) is 118 cm³/mol. The molecule has 0 saturated heterocycles. The van der Waals surface area contributed by atoms with Crippen molar-refractivity contribution in [2.75, 3.05) is 20.3 Å². The largest absolute Gasteiger partial charge is 0.497 e. The van der Waals surface area contributed by atoms with Crippen LogP contribution in [-0.2, 0) is 16.4 Å². The minimum atomic E-state index is -3.76. The second-order valence-corrected chi connectivity index (χ2v) is 9.01. The Labute approximate surface area is 182 Å². The van der Waals surface area contributed by atoms with Crippen LogP contribution in [0.3, 0.4) is 0 Å². The SMILES string of the molecule is COc1ccc(S(=O)(=O)NC(Cc2ccccc2)c2ccc3c(c2)OCCCO3)cc1. The molecular formula is C24H25NO5S. The Kier molecular flexibility index (Phi) is 6.44. The van der Waals surface area contributed by atoms with E-state index >= 15 is 0 Å². The van der Waals surface area contributed by atoms with Gasteiger partial charge in [0.05, 0.1) is 31.3 Å². The lowest BCUT2D eigenvalue weighted by Gasteiger charge is -2.21. The van der Waals surface area contributed by atoms with Crippen molar-refractivity contribution in [1.29, 1.82) is 0 Å². The van der Waals surface area contributed by atoms with Gasteiger partial charge in [-0.3, -0.25) is 0 Å². The average Bonchev–Trinajstić information content (AvgIpc) is 3.04. The summed E-state index contributed by atoms with van der Waals surface area (Å²) in [6.07, 6.45) is 1.30. The second-order valence-electron chi connectivity index (χ2n) is 7.30. The summed E-state index contributed by atoms with van der Waals surface area (Å²) in [5.74, 6) is 1.91. The number of hydrogen-bond donors (Lipinski definition) is 1. The molecule has 1 N–H and O–H groups in total. The van der Waals surface area contributed by atoms with Gasteiger partial charge in [0.25, 0.3) is 0 Å². The van der Waals surface area contributed by atoms with Crippen molar-refractivity contribution >= 4 is 10.0 Å². The second kappa shape index (κ2) is 9.41. The van der Waals surface area contributed by atoms with E-state index in [1.807, 2.05) is 48.5 Å². The van der Waals surface area contributed by atoms with E-state index in [0.29, 0.717) is 36.9 Å². The van der Waals surface area contributed by atoms with Crippen LogP contribution in [0, 0.1) is 0 Å². The number of sulfonamides is 1. The van der Waals surface area contributed by atoms with Gasteiger partial charge in [-0.15, -0.1) is 0 Å². The smallest absolute Gasteiger partial charge is 0.241 e. The lowest BCUT2D eigenvalue weighted by atomic mass is 9.99. The summed E-state index contributed by atoms with van der Waals surface area (Å²) in [5, 5.41) is 0. The molecule has 6 nitrogen and oxygen atoms in total. The van der Waals surface area contributed by atoms with Crippen LogP contribution in [-0.4, -0.2) is 28.7 Å². The maximum absolute atomic E-state index is 13.1. The number of ether oxygens (including phenoxy) is 3. The zero-order valence-corrected chi connectivity index (χ0v) is 18.1. The monoisotopic (exact) mass is 439 g/mol. The maximum Gasteiger partial charge on any atom is 0.241 e. The van der Waals surface area contributed by atoms with Crippen molar-refractivity contribution in [2.45, 2.75) is 23.8 Å². The van der Waals surface area contributed by atoms with E-state index in [2.05, 4.69) is 4.72 Å². The Morgan fingerprint density at radius 1 is 0.935 bits per heavy atom. The molecule has 3 aromatic carbocycles. The molecule has 1 aliphatic rings. The number of benzene rings is 3. The van der Waals surface area contributed by atoms with Crippen LogP contribution in [0.15, 0.2) is 77.7 Å². The van der Waals surface area contributed by atoms with Crippen molar-refractivity contribution in [3.05, 3.63) is 83.9 Å². The highest BCUT2D eigenvalue weighted by molar-refractivity contribution is 7.89. The summed E-state index contributed by atoms with van der Waals surface area (Å²) >= 11 is 0. The van der Waals surface area contributed by atoms with Crippen molar-refractivity contribution in [3.8, 4) is 17.2 Å². The third-order valence-electron chi connectivity index (χ3n) is 5.12. The van der Waals surface area contributed by atoms with Crippen LogP contribution in [0.5, 0.6) is 17.2 Å². The Morgan fingerprint density at radius 3 is 2.35 bits per heavy atom. The zero-order valence-electron chi connectivity index (χ0n) is 17.3. The number of methoxy groups -OCH3 is 1. The van der Waals surface area contributed by atoms with Crippen LogP contribution in [0.25, 0.3) is 0 Å². The van der Waals surface area contributed by atoms with Gasteiger partial charge in [-0.1, -0.05) is 36.4 Å². The fraction of sp³-hybridized carbons (Fsp3) is 0.250. The van der Waals surface area contributed by atoms with Gasteiger partial charge in [0.1, 0.15) is 5.75 Å². The molecule has 1 aliphatic heterocycles. The standard InChI is InChI=1S/C24H25NO5S/c1-28-20-9-11-21(12-10-20)31(26,27)25-22(16-18-6-3-2-4-7-18)19-8-13-23-24(17-19)30-15-5-14-29-23/h2-4,6-13,17,22,25H,5,14-16H2,1H3. The molecule has 0 amide bonds. The van der Waals surface area contributed by atoms with E-state index in [1.54, 1.807) is 19.2 Å². The minimum Gasteiger partial charge on any atom is -0.497 e. The summed E-state index contributed by atoms with van der Waals surface area (Å²) in [5.41, 5.74) is 1.84. The van der Waals surface area contributed by atoms with Gasteiger partial charge in [-0.25, -0.2) is 13.1 Å². The van der Waals surface area contributed by atoms with E-state index in [0.717, 1.165) is 17.5 Å². The summed E-state index contributed by atoms with van der Waals surface area (Å²) in [6.45, 7) is 1.17. The first-order valence-electron chi connectivity index (χ1n) is 10.1. The van der Waals surface area contributed by atoms with Crippen molar-refractivity contribution < 1.29 is 22.6 Å². The summed E-state index contributed by atoms with van der Waals surface area (Å²) in [6, 6.07) is 21.2. The van der Waals surface area contributed by atoms with Gasteiger partial charge in [0, 0.05) is 6.42 Å². The molecule has 1 heterocycles. The van der Waals surface area contributed by atoms with E-state index in [-0.39, 0.29) is 4.90 Å². The fourth-order valence-electron chi connectivity index (χ4n) is 3.48. The highest BCUT2D eigenvalue weighted by atomic mass is 32.2. The minimum absolute atomic E-state index is 0.181. The Bertz CT molecular complexity index is 1110. The van der Waals surface area contributed by atoms with Crippen molar-refractivity contribution in [1.82, 2.24) is 4.72 Å². The van der Waals surface area contributed by atoms with Gasteiger partial charge >= 0.3 is 0 Å². The molecule has 0 bridgehead atoms. The molecule has 3 aromatic rings. The van der Waals surface area contributed by atoms with Crippen LogP contribution in [0.2, 0.25) is 0 Å². The quantitative estimate of drug-likeness (QED) is 0.600. The first-order chi connectivity index (χ1) is 15.0. The predicted octanol–water partition coefficient (Wildman–Crippen LogP) is 4.12. The van der Waals surface area contributed by atoms with Gasteiger partial charge in [-0.05, 0) is 53.9 Å². The molecular weight excluding hydrogens is 414 g/mol. The first-order valence-corrected chi connectivity index (χ1v) is 11.6. The molecule has 0 spiro atoms. The molecule has 7 heteroatoms. The van der Waals surface area contributed by atoms with E-state index in [9.17, 15) is 8.42 Å². The first kappa shape index (κ1) is 21.2. The third kappa shape index (κ3) is 5.18. The molecule has 0 aliphatic carbocycles. The molecule has 162 valence electrons. The molecule has 31 heavy (non-hydrogen) atoms. The fourth-order valence-corrected chi connectivity index (χ4v) is 4.71. The molecule has 0 fully saturated rings. The molecule has 1 atom stereocenters. The van der Waals surface area contributed by atoms with Gasteiger partial charge in [-0.2, -0.15) is 0 Å². The third-order valence-corrected chi connectivity index (χ3v) is 6.61. The topological polar surface area (TPSA) is 73.9 Å². The lowest BCUT2D eigenvalue weighted by Crippen LogP contribution is -2.30. The molecule has 1 unspecified atom stereocenters. The molecule has 4 rings (SSSR count). The Balaban J connectivity index is 1.66. The summed E-state index contributed by atoms with van der Waals surface area (Å²) < 4.78 is 45.8. The summed E-state index contributed by atoms with van der Waals surface area (Å²) in [7, 11) is -2.22. The van der Waals surface area contributed by atoms with Gasteiger partial charge < -0.3 is 14.2 Å². The van der Waals surface area contributed by atoms with E-state index in [4.69, 9.17) is 14.2 Å². The van der Waals surface area contributed by atoms with Crippen molar-refractivity contribution in [3.63, 3.8) is 0 Å². The zero-order chi connectivity index (χ0) is 21.7. The van der Waals surface area contributed by atoms with Crippen LogP contribution >= 0.6 is 0 Å². The lowest BCUT2D eigenvalue weighted by molar-refractivity contribution is 0.297. The van der Waals surface area contributed by atoms with Crippen LogP contribution in [0.4, 0.5) is 0 Å². The molecule has 0 aromatic heterocycles. The van der Waals surface area contributed by atoms with Crippen LogP contribution < -0.4 is 18.9 Å². The normalized spacial score (nSPS) is 14.5. The average molecular weight is 440 g/mol. The van der Waals surface area contributed by atoms with Gasteiger partial charge in [0.15, 0.2) is 11.5 Å². The van der Waals surface area contributed by atoms with Gasteiger partial charge in [0.2, 0.25) is 10.0 Å². The molecule has 0 radical (unpaired) electrons. The Hall–Kier alpha value is -3.03. The highest BCUT2D eigenvalue weighted by Gasteiger charge is 2.23. The maximum atomic E-state index is 13.1. The number of hydrogen-bond acceptors (Lipinski definition) is 5. The number of nitrogens with one attached hydrogen (secondary N) is 1. The van der Waals surface area contributed by atoms with Crippen molar-refractivity contribution in [2.24, 2.45) is 0 Å². The number of rotatable bonds is 7. The van der Waals surface area contributed by atoms with Crippen LogP contribution in [0.1, 0.15) is 23.6 Å². The molecule has 0 saturated carbocycles. The number of fused-ring (bicyclic) bond motifs is 1. The van der Waals surface area contributed by atoms with E-state index < -0.39 is 16.1 Å². The Morgan fingerprint density at radius 2 is 1.65 bits per heavy atom.